The van der Waals surface area contributed by atoms with Gasteiger partial charge in [-0.3, -0.25) is 9.79 Å². The number of piperidine rings is 1. The average Bonchev–Trinajstić information content (AvgIpc) is 3.03. The summed E-state index contributed by atoms with van der Waals surface area (Å²) in [4.78, 5) is 21.9. The lowest BCUT2D eigenvalue weighted by molar-refractivity contribution is -0.134. The quantitative estimate of drug-likeness (QED) is 0.911. The Bertz CT molecular complexity index is 774. The van der Waals surface area contributed by atoms with E-state index in [1.165, 1.54) is 11.1 Å². The summed E-state index contributed by atoms with van der Waals surface area (Å²) < 4.78 is 0. The number of benzene rings is 1. The Labute approximate surface area is 154 Å². The maximum Gasteiger partial charge on any atom is 0.251 e. The molecule has 0 aliphatic carbocycles. The predicted molar refractivity (Wildman–Crippen MR) is 104 cm³/mol. The summed E-state index contributed by atoms with van der Waals surface area (Å²) in [7, 11) is 0. The van der Waals surface area contributed by atoms with Crippen molar-refractivity contribution in [2.24, 2.45) is 10.7 Å². The van der Waals surface area contributed by atoms with Crippen LogP contribution in [0.4, 0.5) is 0 Å². The molecule has 4 rings (SSSR count). The molecule has 5 heteroatoms. The summed E-state index contributed by atoms with van der Waals surface area (Å²) in [5.74, 6) is 0.692. The third-order valence-corrected chi connectivity index (χ3v) is 5.69. The first kappa shape index (κ1) is 17.0. The second-order valence-corrected chi connectivity index (χ2v) is 7.31. The Balaban J connectivity index is 1.41. The van der Waals surface area contributed by atoms with Crippen LogP contribution >= 0.6 is 0 Å². The van der Waals surface area contributed by atoms with E-state index in [2.05, 4.69) is 34.2 Å². The highest BCUT2D eigenvalue weighted by molar-refractivity contribution is 6.08. The summed E-state index contributed by atoms with van der Waals surface area (Å²) in [6.07, 6.45) is 9.97. The van der Waals surface area contributed by atoms with Gasteiger partial charge in [0.25, 0.3) is 5.91 Å². The molecule has 2 unspecified atom stereocenters. The first-order chi connectivity index (χ1) is 12.7. The smallest absolute Gasteiger partial charge is 0.251 e. The molecule has 2 atom stereocenters. The third kappa shape index (κ3) is 3.07. The van der Waals surface area contributed by atoms with Crippen LogP contribution in [0.25, 0.3) is 0 Å². The summed E-state index contributed by atoms with van der Waals surface area (Å²) in [6, 6.07) is 8.31. The minimum Gasteiger partial charge on any atom is -0.341 e. The van der Waals surface area contributed by atoms with Crippen LogP contribution in [0.1, 0.15) is 36.8 Å². The first-order valence-electron chi connectivity index (χ1n) is 9.42. The zero-order valence-electron chi connectivity index (χ0n) is 15.2. The zero-order valence-corrected chi connectivity index (χ0v) is 15.2. The Hall–Kier alpha value is -2.40. The molecule has 2 N–H and O–H groups in total. The van der Waals surface area contributed by atoms with Crippen molar-refractivity contribution in [3.05, 3.63) is 59.8 Å². The lowest BCUT2D eigenvalue weighted by Crippen LogP contribution is -2.51. The fraction of sp³-hybridized carbons (Fsp3) is 0.429. The third-order valence-electron chi connectivity index (χ3n) is 5.69. The van der Waals surface area contributed by atoms with E-state index in [-0.39, 0.29) is 18.1 Å². The number of nitrogens with two attached hydrogens (primary N) is 1. The molecule has 3 aliphatic heterocycles. The molecule has 1 fully saturated rings. The largest absolute Gasteiger partial charge is 0.341 e. The number of hydrogen-bond acceptors (Lipinski definition) is 4. The highest BCUT2D eigenvalue weighted by Gasteiger charge is 2.39. The SMILES string of the molecule is CC1=NC2C=CC=CN2C1C(=O)N1CCC(c2cccc(CN)c2)CC1. The minimum atomic E-state index is -0.252. The molecule has 3 aliphatic rings. The number of hydrogen-bond donors (Lipinski definition) is 1. The number of rotatable bonds is 3. The van der Waals surface area contributed by atoms with Crippen molar-refractivity contribution >= 4 is 11.6 Å². The van der Waals surface area contributed by atoms with Crippen LogP contribution in [0.3, 0.4) is 0 Å². The topological polar surface area (TPSA) is 61.9 Å². The molecular formula is C21H26N4O. The molecule has 1 aromatic rings. The van der Waals surface area contributed by atoms with Crippen LogP contribution in [0.2, 0.25) is 0 Å². The van der Waals surface area contributed by atoms with Gasteiger partial charge in [-0.25, -0.2) is 0 Å². The molecule has 3 heterocycles. The molecule has 0 spiro atoms. The van der Waals surface area contributed by atoms with E-state index in [1.807, 2.05) is 36.3 Å². The van der Waals surface area contributed by atoms with E-state index < -0.39 is 0 Å². The highest BCUT2D eigenvalue weighted by atomic mass is 16.2. The lowest BCUT2D eigenvalue weighted by Gasteiger charge is -2.36. The van der Waals surface area contributed by atoms with Gasteiger partial charge in [0.15, 0.2) is 0 Å². The number of likely N-dealkylation sites (tertiary alicyclic amines) is 1. The zero-order chi connectivity index (χ0) is 18.1. The molecule has 0 bridgehead atoms. The number of fused-ring (bicyclic) bond motifs is 1. The van der Waals surface area contributed by atoms with Gasteiger partial charge in [-0.05, 0) is 49.0 Å². The van der Waals surface area contributed by atoms with E-state index in [9.17, 15) is 4.79 Å². The lowest BCUT2D eigenvalue weighted by atomic mass is 9.88. The summed E-state index contributed by atoms with van der Waals surface area (Å²) >= 11 is 0. The van der Waals surface area contributed by atoms with Crippen LogP contribution in [-0.4, -0.2) is 46.7 Å². The molecule has 0 aromatic heterocycles. The van der Waals surface area contributed by atoms with Crippen molar-refractivity contribution in [1.29, 1.82) is 0 Å². The number of nitrogens with zero attached hydrogens (tertiary/aromatic N) is 3. The average molecular weight is 350 g/mol. The maximum atomic E-state index is 13.1. The molecule has 1 amide bonds. The van der Waals surface area contributed by atoms with Gasteiger partial charge in [-0.1, -0.05) is 30.3 Å². The van der Waals surface area contributed by atoms with Crippen molar-refractivity contribution in [2.45, 2.75) is 44.4 Å². The van der Waals surface area contributed by atoms with Gasteiger partial charge in [0.1, 0.15) is 12.2 Å². The van der Waals surface area contributed by atoms with E-state index >= 15 is 0 Å². The standard InChI is InChI=1S/C21H26N4O/c1-15-20(25-10-3-2-7-19(25)23-15)21(26)24-11-8-17(9-12-24)18-6-4-5-16(13-18)14-22/h2-7,10,13,17,19-20H,8-9,11-12,14,22H2,1H3. The number of amides is 1. The van der Waals surface area contributed by atoms with Crippen molar-refractivity contribution in [2.75, 3.05) is 13.1 Å². The van der Waals surface area contributed by atoms with Crippen LogP contribution in [-0.2, 0) is 11.3 Å². The molecular weight excluding hydrogens is 324 g/mol. The second kappa shape index (κ2) is 7.08. The number of carbonyl (C=O) groups is 1. The molecule has 1 saturated heterocycles. The van der Waals surface area contributed by atoms with Crippen molar-refractivity contribution in [3.8, 4) is 0 Å². The van der Waals surface area contributed by atoms with Crippen molar-refractivity contribution < 1.29 is 4.79 Å². The van der Waals surface area contributed by atoms with Gasteiger partial charge in [0, 0.05) is 31.5 Å². The fourth-order valence-electron chi connectivity index (χ4n) is 4.23. The Morgan fingerprint density at radius 1 is 1.27 bits per heavy atom. The molecule has 1 aromatic carbocycles. The molecule has 26 heavy (non-hydrogen) atoms. The van der Waals surface area contributed by atoms with Gasteiger partial charge in [0.2, 0.25) is 0 Å². The first-order valence-corrected chi connectivity index (χ1v) is 9.42. The predicted octanol–water partition coefficient (Wildman–Crippen LogP) is 2.41. The monoisotopic (exact) mass is 350 g/mol. The highest BCUT2D eigenvalue weighted by Crippen LogP contribution is 2.30. The van der Waals surface area contributed by atoms with Gasteiger partial charge in [-0.15, -0.1) is 0 Å². The minimum absolute atomic E-state index is 0.0227. The fourth-order valence-corrected chi connectivity index (χ4v) is 4.23. The summed E-state index contributed by atoms with van der Waals surface area (Å²) in [5.41, 5.74) is 9.20. The van der Waals surface area contributed by atoms with Crippen molar-refractivity contribution in [3.63, 3.8) is 0 Å². The van der Waals surface area contributed by atoms with Crippen LogP contribution in [0.5, 0.6) is 0 Å². The second-order valence-electron chi connectivity index (χ2n) is 7.31. The van der Waals surface area contributed by atoms with Crippen LogP contribution in [0.15, 0.2) is 53.7 Å². The summed E-state index contributed by atoms with van der Waals surface area (Å²) in [5, 5.41) is 0. The maximum absolute atomic E-state index is 13.1. The van der Waals surface area contributed by atoms with Gasteiger partial charge in [-0.2, -0.15) is 0 Å². The van der Waals surface area contributed by atoms with Crippen LogP contribution in [0, 0.1) is 0 Å². The van der Waals surface area contributed by atoms with E-state index in [1.54, 1.807) is 0 Å². The summed E-state index contributed by atoms with van der Waals surface area (Å²) in [6.45, 7) is 4.15. The van der Waals surface area contributed by atoms with Gasteiger partial charge in [0.05, 0.1) is 0 Å². The van der Waals surface area contributed by atoms with E-state index in [4.69, 9.17) is 5.73 Å². The van der Waals surface area contributed by atoms with E-state index in [0.29, 0.717) is 12.5 Å². The normalized spacial score (nSPS) is 25.4. The molecule has 0 saturated carbocycles. The molecule has 0 radical (unpaired) electrons. The molecule has 136 valence electrons. The van der Waals surface area contributed by atoms with Crippen LogP contribution < -0.4 is 5.73 Å². The molecule has 5 nitrogen and oxygen atoms in total. The van der Waals surface area contributed by atoms with E-state index in [0.717, 1.165) is 31.6 Å². The Morgan fingerprint density at radius 3 is 2.85 bits per heavy atom. The number of allylic oxidation sites excluding steroid dienone is 2. The number of carbonyl (C=O) groups excluding carboxylic acids is 1. The van der Waals surface area contributed by atoms with Gasteiger partial charge < -0.3 is 15.5 Å². The number of aliphatic imine (C=N–C) groups is 1. The van der Waals surface area contributed by atoms with Crippen molar-refractivity contribution in [1.82, 2.24) is 9.80 Å². The van der Waals surface area contributed by atoms with Gasteiger partial charge >= 0.3 is 0 Å². The Kier molecular flexibility index (Phi) is 4.64. The Morgan fingerprint density at radius 2 is 2.08 bits per heavy atom.